The Hall–Kier alpha value is -2.98. The predicted octanol–water partition coefficient (Wildman–Crippen LogP) is 2.24. The number of amides is 1. The summed E-state index contributed by atoms with van der Waals surface area (Å²) < 4.78 is 63.3. The number of hydrogen-bond acceptors (Lipinski definition) is 6. The van der Waals surface area contributed by atoms with Crippen LogP contribution in [0.5, 0.6) is 0 Å². The Bertz CT molecular complexity index is 972. The average Bonchev–Trinajstić information content (AvgIpc) is 3.03. The normalized spacial score (nSPS) is 26.7. The van der Waals surface area contributed by atoms with Crippen molar-refractivity contribution in [1.29, 1.82) is 0 Å². The number of aliphatic imine (C=N–C) groups is 1. The number of halogens is 4. The Labute approximate surface area is 156 Å². The smallest absolute Gasteiger partial charge is 0.306 e. The summed E-state index contributed by atoms with van der Waals surface area (Å²) in [5.74, 6) is -6.65. The first kappa shape index (κ1) is 19.8. The first-order valence-electron chi connectivity index (χ1n) is 8.19. The van der Waals surface area contributed by atoms with Gasteiger partial charge in [0.15, 0.2) is 11.2 Å². The van der Waals surface area contributed by atoms with E-state index in [0.29, 0.717) is 5.56 Å². The molecule has 0 aliphatic carbocycles. The molecule has 4 N–H and O–H groups in total. The molecule has 3 rings (SSSR count). The predicted molar refractivity (Wildman–Crippen MR) is 90.1 cm³/mol. The van der Waals surface area contributed by atoms with Crippen LogP contribution < -0.4 is 11.5 Å². The number of aromatic nitrogens is 2. The van der Waals surface area contributed by atoms with Gasteiger partial charge in [-0.3, -0.25) is 9.79 Å². The van der Waals surface area contributed by atoms with Crippen molar-refractivity contribution in [3.05, 3.63) is 46.9 Å². The SMILES string of the molecule is CC1(F)CC(F)(F)C(C)(c2cc(Cc3nnc(C(N)=O)o3)ccc2F)N=C1N. The molecule has 28 heavy (non-hydrogen) atoms. The topological polar surface area (TPSA) is 120 Å². The van der Waals surface area contributed by atoms with Crippen molar-refractivity contribution in [2.24, 2.45) is 16.5 Å². The Morgan fingerprint density at radius 1 is 1.25 bits per heavy atom. The fourth-order valence-electron chi connectivity index (χ4n) is 3.03. The number of carbonyl (C=O) groups excluding carboxylic acids is 1. The number of carbonyl (C=O) groups is 1. The van der Waals surface area contributed by atoms with Crippen LogP contribution in [-0.2, 0) is 12.0 Å². The number of rotatable bonds is 4. The van der Waals surface area contributed by atoms with Gasteiger partial charge in [0.05, 0.1) is 12.8 Å². The minimum atomic E-state index is -3.71. The summed E-state index contributed by atoms with van der Waals surface area (Å²) in [6.07, 6.45) is -1.31. The molecule has 0 fully saturated rings. The number of primary amides is 1. The van der Waals surface area contributed by atoms with Crippen molar-refractivity contribution in [2.75, 3.05) is 0 Å². The van der Waals surface area contributed by atoms with Crippen LogP contribution >= 0.6 is 0 Å². The number of hydrogen-bond donors (Lipinski definition) is 2. The summed E-state index contributed by atoms with van der Waals surface area (Å²) in [4.78, 5) is 14.6. The summed E-state index contributed by atoms with van der Waals surface area (Å²) in [5, 5.41) is 7.06. The van der Waals surface area contributed by atoms with Gasteiger partial charge in [0.25, 0.3) is 5.92 Å². The maximum absolute atomic E-state index is 14.8. The van der Waals surface area contributed by atoms with Crippen LogP contribution in [-0.4, -0.2) is 33.5 Å². The molecule has 0 saturated heterocycles. The van der Waals surface area contributed by atoms with E-state index >= 15 is 0 Å². The number of benzene rings is 1. The molecule has 7 nitrogen and oxygen atoms in total. The van der Waals surface area contributed by atoms with E-state index in [4.69, 9.17) is 15.9 Å². The van der Waals surface area contributed by atoms with E-state index in [1.54, 1.807) is 0 Å². The molecule has 11 heteroatoms. The monoisotopic (exact) mass is 399 g/mol. The highest BCUT2D eigenvalue weighted by Gasteiger charge is 2.60. The van der Waals surface area contributed by atoms with Crippen molar-refractivity contribution in [3.8, 4) is 0 Å². The lowest BCUT2D eigenvalue weighted by atomic mass is 9.77. The van der Waals surface area contributed by atoms with Crippen LogP contribution in [0.4, 0.5) is 17.6 Å². The number of nitrogens with two attached hydrogens (primary N) is 2. The molecule has 0 saturated carbocycles. The number of amidine groups is 1. The van der Waals surface area contributed by atoms with Gasteiger partial charge in [-0.25, -0.2) is 17.6 Å². The lowest BCUT2D eigenvalue weighted by Crippen LogP contribution is -2.56. The molecule has 0 bridgehead atoms. The number of nitrogens with zero attached hydrogens (tertiary/aromatic N) is 3. The Balaban J connectivity index is 2.03. The van der Waals surface area contributed by atoms with Gasteiger partial charge in [-0.15, -0.1) is 10.2 Å². The maximum Gasteiger partial charge on any atom is 0.306 e. The van der Waals surface area contributed by atoms with E-state index in [1.165, 1.54) is 6.07 Å². The maximum atomic E-state index is 14.8. The van der Waals surface area contributed by atoms with E-state index in [1.807, 2.05) is 0 Å². The van der Waals surface area contributed by atoms with E-state index in [-0.39, 0.29) is 12.3 Å². The molecule has 150 valence electrons. The first-order valence-corrected chi connectivity index (χ1v) is 8.19. The molecular formula is C17H17F4N5O2. The third-order valence-electron chi connectivity index (χ3n) is 4.73. The Morgan fingerprint density at radius 2 is 1.93 bits per heavy atom. The molecule has 1 aliphatic heterocycles. The van der Waals surface area contributed by atoms with Crippen LogP contribution in [0.2, 0.25) is 0 Å². The Morgan fingerprint density at radius 3 is 2.54 bits per heavy atom. The summed E-state index contributed by atoms with van der Waals surface area (Å²) in [7, 11) is 0. The van der Waals surface area contributed by atoms with Crippen molar-refractivity contribution in [1.82, 2.24) is 10.2 Å². The Kier molecular flexibility index (Phi) is 4.43. The van der Waals surface area contributed by atoms with Crippen molar-refractivity contribution in [2.45, 2.75) is 43.8 Å². The van der Waals surface area contributed by atoms with Crippen molar-refractivity contribution in [3.63, 3.8) is 0 Å². The molecule has 2 atom stereocenters. The molecule has 2 unspecified atom stereocenters. The highest BCUT2D eigenvalue weighted by molar-refractivity contribution is 5.90. The summed E-state index contributed by atoms with van der Waals surface area (Å²) in [6.45, 7) is 1.90. The highest BCUT2D eigenvalue weighted by atomic mass is 19.3. The molecule has 0 spiro atoms. The van der Waals surface area contributed by atoms with Crippen LogP contribution in [0.25, 0.3) is 0 Å². The summed E-state index contributed by atoms with van der Waals surface area (Å²) in [5.41, 5.74) is 5.51. The van der Waals surface area contributed by atoms with Crippen LogP contribution in [0.3, 0.4) is 0 Å². The zero-order valence-electron chi connectivity index (χ0n) is 15.0. The summed E-state index contributed by atoms with van der Waals surface area (Å²) in [6, 6.07) is 3.45. The molecule has 1 aliphatic rings. The minimum Gasteiger partial charge on any atom is -0.417 e. The highest BCUT2D eigenvalue weighted by Crippen LogP contribution is 2.50. The molecule has 1 aromatic carbocycles. The van der Waals surface area contributed by atoms with Gasteiger partial charge in [0.1, 0.15) is 11.7 Å². The van der Waals surface area contributed by atoms with Crippen molar-refractivity contribution < 1.29 is 26.8 Å². The third kappa shape index (κ3) is 3.20. The largest absolute Gasteiger partial charge is 0.417 e. The van der Waals surface area contributed by atoms with E-state index in [0.717, 1.165) is 26.0 Å². The zero-order chi connectivity index (χ0) is 20.9. The molecule has 1 aromatic heterocycles. The van der Waals surface area contributed by atoms with E-state index in [2.05, 4.69) is 15.2 Å². The van der Waals surface area contributed by atoms with Gasteiger partial charge in [0, 0.05) is 5.56 Å². The fraction of sp³-hybridized carbons (Fsp3) is 0.412. The van der Waals surface area contributed by atoms with Gasteiger partial charge in [-0.2, -0.15) is 0 Å². The molecular weight excluding hydrogens is 382 g/mol. The van der Waals surface area contributed by atoms with Crippen LogP contribution in [0.1, 0.15) is 48.0 Å². The zero-order valence-corrected chi connectivity index (χ0v) is 15.0. The second kappa shape index (κ2) is 6.28. The lowest BCUT2D eigenvalue weighted by molar-refractivity contribution is -0.106. The standard InChI is InChI=1S/C17H17F4N5O2/c1-15(19)7-17(20,21)16(2,24-14(15)23)9-5-8(3-4-10(9)18)6-11-25-26-13(28-11)12(22)27/h3-5H,6-7H2,1-2H3,(H2,22,27)(H2,23,24). The van der Waals surface area contributed by atoms with Crippen LogP contribution in [0, 0.1) is 5.82 Å². The van der Waals surface area contributed by atoms with E-state index < -0.39 is 52.6 Å². The van der Waals surface area contributed by atoms with Crippen LogP contribution in [0.15, 0.2) is 27.6 Å². The summed E-state index contributed by atoms with van der Waals surface area (Å²) >= 11 is 0. The van der Waals surface area contributed by atoms with Gasteiger partial charge < -0.3 is 15.9 Å². The number of alkyl halides is 3. The minimum absolute atomic E-state index is 0.0220. The average molecular weight is 399 g/mol. The lowest BCUT2D eigenvalue weighted by Gasteiger charge is -2.42. The third-order valence-corrected chi connectivity index (χ3v) is 4.73. The van der Waals surface area contributed by atoms with Gasteiger partial charge >= 0.3 is 11.8 Å². The quantitative estimate of drug-likeness (QED) is 0.764. The first-order chi connectivity index (χ1) is 12.9. The molecule has 2 heterocycles. The van der Waals surface area contributed by atoms with Crippen molar-refractivity contribution >= 4 is 11.7 Å². The second-order valence-corrected chi connectivity index (χ2v) is 7.00. The second-order valence-electron chi connectivity index (χ2n) is 7.00. The van der Waals surface area contributed by atoms with E-state index in [9.17, 15) is 22.4 Å². The molecule has 0 radical (unpaired) electrons. The van der Waals surface area contributed by atoms with Gasteiger partial charge in [-0.05, 0) is 31.5 Å². The molecule has 2 aromatic rings. The molecule has 1 amide bonds. The van der Waals surface area contributed by atoms with Gasteiger partial charge in [0.2, 0.25) is 5.89 Å². The van der Waals surface area contributed by atoms with Gasteiger partial charge in [-0.1, -0.05) is 6.07 Å². The fourth-order valence-corrected chi connectivity index (χ4v) is 3.03.